The Bertz CT molecular complexity index is 1040. The normalized spacial score (nSPS) is 15.5. The lowest BCUT2D eigenvalue weighted by Gasteiger charge is -2.24. The Balaban J connectivity index is 1.53. The number of benzene rings is 2. The largest absolute Gasteiger partial charge is 0.497 e. The van der Waals surface area contributed by atoms with Crippen LogP contribution in [0.1, 0.15) is 27.8 Å². The van der Waals surface area contributed by atoms with Gasteiger partial charge < -0.3 is 19.5 Å². The molecule has 0 aliphatic carbocycles. The van der Waals surface area contributed by atoms with Gasteiger partial charge in [-0.05, 0) is 29.8 Å². The van der Waals surface area contributed by atoms with Crippen molar-refractivity contribution in [1.82, 2.24) is 15.0 Å². The molecule has 1 N–H and O–H groups in total. The molecule has 0 saturated heterocycles. The first-order chi connectivity index (χ1) is 14.1. The molecule has 9 heteroatoms. The highest BCUT2D eigenvalue weighted by atomic mass is 35.5. The summed E-state index contributed by atoms with van der Waals surface area (Å²) >= 11 is 5.95. The van der Waals surface area contributed by atoms with E-state index in [9.17, 15) is 4.79 Å². The van der Waals surface area contributed by atoms with Crippen molar-refractivity contribution >= 4 is 23.2 Å². The smallest absolute Gasteiger partial charge is 0.278 e. The van der Waals surface area contributed by atoms with Crippen LogP contribution in [0.25, 0.3) is 0 Å². The highest BCUT2D eigenvalue weighted by Crippen LogP contribution is 2.31. The van der Waals surface area contributed by atoms with Crippen molar-refractivity contribution in [3.05, 3.63) is 64.4 Å². The van der Waals surface area contributed by atoms with E-state index in [-0.39, 0.29) is 18.4 Å². The molecule has 2 aromatic carbocycles. The Morgan fingerprint density at radius 2 is 2.00 bits per heavy atom. The van der Waals surface area contributed by atoms with Crippen LogP contribution in [-0.4, -0.2) is 35.1 Å². The summed E-state index contributed by atoms with van der Waals surface area (Å²) in [4.78, 5) is 12.8. The Kier molecular flexibility index (Phi) is 5.37. The number of aromatic nitrogens is 3. The minimum absolute atomic E-state index is 0.184. The summed E-state index contributed by atoms with van der Waals surface area (Å²) in [6.45, 7) is 0.679. The first-order valence-electron chi connectivity index (χ1n) is 8.92. The van der Waals surface area contributed by atoms with Gasteiger partial charge in [0.25, 0.3) is 5.91 Å². The summed E-state index contributed by atoms with van der Waals surface area (Å²) in [5, 5.41) is 11.7. The third kappa shape index (κ3) is 3.90. The van der Waals surface area contributed by atoms with Gasteiger partial charge >= 0.3 is 0 Å². The topological polar surface area (TPSA) is 87.5 Å². The number of hydrogen-bond donors (Lipinski definition) is 1. The molecule has 29 heavy (non-hydrogen) atoms. The number of nitrogens with one attached hydrogen (secondary N) is 1. The lowest BCUT2D eigenvalue weighted by molar-refractivity contribution is -0.00171. The van der Waals surface area contributed by atoms with E-state index in [0.29, 0.717) is 34.4 Å². The number of hydrogen-bond acceptors (Lipinski definition) is 6. The lowest BCUT2D eigenvalue weighted by Crippen LogP contribution is -2.24. The number of nitrogens with zero attached hydrogens (tertiary/aromatic N) is 3. The highest BCUT2D eigenvalue weighted by molar-refractivity contribution is 6.30. The summed E-state index contributed by atoms with van der Waals surface area (Å²) in [5.74, 6) is 0.714. The van der Waals surface area contributed by atoms with E-state index >= 15 is 0 Å². The number of rotatable bonds is 5. The molecule has 0 saturated carbocycles. The van der Waals surface area contributed by atoms with Crippen LogP contribution in [0.4, 0.5) is 5.69 Å². The van der Waals surface area contributed by atoms with Gasteiger partial charge in [0, 0.05) is 11.1 Å². The zero-order valence-corrected chi connectivity index (χ0v) is 16.6. The second-order valence-electron chi connectivity index (χ2n) is 6.44. The summed E-state index contributed by atoms with van der Waals surface area (Å²) in [6, 6.07) is 12.6. The summed E-state index contributed by atoms with van der Waals surface area (Å²) in [5.41, 5.74) is 2.30. The second-order valence-corrected chi connectivity index (χ2v) is 6.87. The molecule has 0 radical (unpaired) electrons. The van der Waals surface area contributed by atoms with Crippen LogP contribution in [0.15, 0.2) is 42.5 Å². The lowest BCUT2D eigenvalue weighted by atomic mass is 10.1. The van der Waals surface area contributed by atoms with Gasteiger partial charge in [-0.15, -0.1) is 5.10 Å². The van der Waals surface area contributed by atoms with Crippen molar-refractivity contribution in [2.45, 2.75) is 19.3 Å². The van der Waals surface area contributed by atoms with Crippen LogP contribution in [0, 0.1) is 0 Å². The molecular weight excluding hydrogens is 396 g/mol. The van der Waals surface area contributed by atoms with Crippen LogP contribution in [-0.2, 0) is 17.9 Å². The van der Waals surface area contributed by atoms with Crippen molar-refractivity contribution in [2.24, 2.45) is 0 Å². The Labute approximate surface area is 172 Å². The predicted octanol–water partition coefficient (Wildman–Crippen LogP) is 3.47. The van der Waals surface area contributed by atoms with Crippen LogP contribution in [0.3, 0.4) is 0 Å². The molecular formula is C20H19ClN4O4. The summed E-state index contributed by atoms with van der Waals surface area (Å²) < 4.78 is 18.2. The van der Waals surface area contributed by atoms with E-state index in [4.69, 9.17) is 25.8 Å². The van der Waals surface area contributed by atoms with Gasteiger partial charge in [-0.1, -0.05) is 28.9 Å². The average Bonchev–Trinajstić information content (AvgIpc) is 3.17. The number of methoxy groups -OCH3 is 2. The van der Waals surface area contributed by atoms with Gasteiger partial charge in [0.05, 0.1) is 38.8 Å². The molecule has 1 atom stereocenters. The number of amides is 1. The number of fused-ring (bicyclic) bond motifs is 1. The summed E-state index contributed by atoms with van der Waals surface area (Å²) in [6.07, 6.45) is -0.184. The molecule has 8 nitrogen and oxygen atoms in total. The summed E-state index contributed by atoms with van der Waals surface area (Å²) in [7, 11) is 3.08. The number of ether oxygens (including phenoxy) is 3. The minimum Gasteiger partial charge on any atom is -0.497 e. The van der Waals surface area contributed by atoms with Crippen LogP contribution < -0.4 is 14.8 Å². The maximum Gasteiger partial charge on any atom is 0.278 e. The van der Waals surface area contributed by atoms with Gasteiger partial charge in [0.15, 0.2) is 5.69 Å². The van der Waals surface area contributed by atoms with Gasteiger partial charge in [-0.25, -0.2) is 4.68 Å². The van der Waals surface area contributed by atoms with Gasteiger partial charge in [-0.3, -0.25) is 4.79 Å². The van der Waals surface area contributed by atoms with E-state index < -0.39 is 5.91 Å². The van der Waals surface area contributed by atoms with E-state index in [1.165, 1.54) is 7.11 Å². The molecule has 1 aliphatic heterocycles. The first-order valence-corrected chi connectivity index (χ1v) is 9.29. The molecule has 0 spiro atoms. The van der Waals surface area contributed by atoms with Crippen LogP contribution in [0.2, 0.25) is 5.02 Å². The second kappa shape index (κ2) is 8.10. The molecule has 0 unspecified atom stereocenters. The zero-order valence-electron chi connectivity index (χ0n) is 15.9. The number of halogens is 1. The van der Waals surface area contributed by atoms with Gasteiger partial charge in [0.1, 0.15) is 17.6 Å². The van der Waals surface area contributed by atoms with Crippen molar-refractivity contribution in [2.75, 3.05) is 19.5 Å². The fourth-order valence-electron chi connectivity index (χ4n) is 3.16. The predicted molar refractivity (Wildman–Crippen MR) is 107 cm³/mol. The van der Waals surface area contributed by atoms with E-state index in [0.717, 1.165) is 5.56 Å². The number of anilines is 1. The van der Waals surface area contributed by atoms with Gasteiger partial charge in [-0.2, -0.15) is 0 Å². The van der Waals surface area contributed by atoms with E-state index in [2.05, 4.69) is 15.6 Å². The molecule has 150 valence electrons. The monoisotopic (exact) mass is 414 g/mol. The number of carbonyl (C=O) groups excluding carboxylic acids is 1. The van der Waals surface area contributed by atoms with Crippen molar-refractivity contribution in [3.63, 3.8) is 0 Å². The zero-order chi connectivity index (χ0) is 20.4. The molecule has 4 rings (SSSR count). The SMILES string of the molecule is COc1ccc(OC)c(NC(=O)c2nnn3c2CO[C@H](c2ccc(Cl)cc2)C3)c1. The van der Waals surface area contributed by atoms with Crippen LogP contribution in [0.5, 0.6) is 11.5 Å². The molecule has 3 aromatic rings. The maximum absolute atomic E-state index is 12.8. The van der Waals surface area contributed by atoms with E-state index in [1.54, 1.807) is 30.0 Å². The average molecular weight is 415 g/mol. The molecule has 0 fully saturated rings. The van der Waals surface area contributed by atoms with Crippen molar-refractivity contribution < 1.29 is 19.0 Å². The molecule has 1 aliphatic rings. The fraction of sp³-hybridized carbons (Fsp3) is 0.250. The van der Waals surface area contributed by atoms with Crippen molar-refractivity contribution in [1.29, 1.82) is 0 Å². The quantitative estimate of drug-likeness (QED) is 0.687. The molecule has 0 bridgehead atoms. The van der Waals surface area contributed by atoms with Crippen molar-refractivity contribution in [3.8, 4) is 11.5 Å². The highest BCUT2D eigenvalue weighted by Gasteiger charge is 2.28. The minimum atomic E-state index is -0.397. The Morgan fingerprint density at radius 1 is 1.21 bits per heavy atom. The fourth-order valence-corrected chi connectivity index (χ4v) is 3.29. The third-order valence-electron chi connectivity index (χ3n) is 4.71. The molecule has 1 aromatic heterocycles. The third-order valence-corrected chi connectivity index (χ3v) is 4.96. The molecule has 2 heterocycles. The molecule has 1 amide bonds. The Morgan fingerprint density at radius 3 is 2.72 bits per heavy atom. The maximum atomic E-state index is 12.8. The standard InChI is InChI=1S/C20H19ClN4O4/c1-27-14-7-8-17(28-2)15(9-14)22-20(26)19-16-11-29-18(10-25(16)24-23-19)12-3-5-13(21)6-4-12/h3-9,18H,10-11H2,1-2H3,(H,22,26)/t18-/m0/s1. The number of carbonyl (C=O) groups is 1. The Hall–Kier alpha value is -3.10. The van der Waals surface area contributed by atoms with Crippen LogP contribution >= 0.6 is 11.6 Å². The van der Waals surface area contributed by atoms with E-state index in [1.807, 2.05) is 24.3 Å². The first kappa shape index (κ1) is 19.2. The van der Waals surface area contributed by atoms with Gasteiger partial charge in [0.2, 0.25) is 0 Å².